The van der Waals surface area contributed by atoms with E-state index in [2.05, 4.69) is 32.6 Å². The highest BCUT2D eigenvalue weighted by molar-refractivity contribution is 7.84. The van der Waals surface area contributed by atoms with Crippen LogP contribution in [0.4, 0.5) is 0 Å². The second-order valence-electron chi connectivity index (χ2n) is 1.46. The summed E-state index contributed by atoms with van der Waals surface area (Å²) in [5.41, 5.74) is 0. The molecule has 0 nitrogen and oxygen atoms in total. The molecule has 0 saturated heterocycles. The molecular formula is C6H12S. The second kappa shape index (κ2) is 4.25. The molecule has 0 heterocycles. The molecule has 0 aromatic rings. The molecular weight excluding hydrogens is 104 g/mol. The number of thiol groups is 1. The quantitative estimate of drug-likeness (QED) is 0.527. The van der Waals surface area contributed by atoms with Gasteiger partial charge < -0.3 is 0 Å². The van der Waals surface area contributed by atoms with Crippen LogP contribution in [0.2, 0.25) is 0 Å². The van der Waals surface area contributed by atoms with Crippen molar-refractivity contribution in [3.63, 3.8) is 0 Å². The third-order valence-electron chi connectivity index (χ3n) is 0.802. The Hall–Kier alpha value is 0.0900. The van der Waals surface area contributed by atoms with Gasteiger partial charge in [-0.15, -0.1) is 12.6 Å². The molecule has 0 aromatic carbocycles. The fraction of sp³-hybridized carbons (Fsp3) is 0.667. The molecule has 0 unspecified atom stereocenters. The maximum Gasteiger partial charge on any atom is -0.0227 e. The molecule has 0 atom stereocenters. The van der Waals surface area contributed by atoms with Crippen LogP contribution in [-0.4, -0.2) is 0 Å². The van der Waals surface area contributed by atoms with Gasteiger partial charge in [-0.3, -0.25) is 0 Å². The van der Waals surface area contributed by atoms with Gasteiger partial charge in [-0.1, -0.05) is 19.9 Å². The van der Waals surface area contributed by atoms with Crippen LogP contribution >= 0.6 is 12.6 Å². The van der Waals surface area contributed by atoms with Crippen LogP contribution in [0.15, 0.2) is 11.0 Å². The van der Waals surface area contributed by atoms with Crippen LogP contribution in [0.3, 0.4) is 0 Å². The maximum atomic E-state index is 4.17. The summed E-state index contributed by atoms with van der Waals surface area (Å²) >= 11 is 4.17. The van der Waals surface area contributed by atoms with Gasteiger partial charge in [0.25, 0.3) is 0 Å². The summed E-state index contributed by atoms with van der Waals surface area (Å²) in [6.07, 6.45) is 4.30. The summed E-state index contributed by atoms with van der Waals surface area (Å²) in [6.45, 7) is 4.22. The van der Waals surface area contributed by atoms with E-state index in [9.17, 15) is 0 Å². The molecule has 7 heavy (non-hydrogen) atoms. The van der Waals surface area contributed by atoms with E-state index in [1.54, 1.807) is 0 Å². The highest BCUT2D eigenvalue weighted by atomic mass is 32.1. The van der Waals surface area contributed by atoms with E-state index in [1.165, 1.54) is 4.91 Å². The molecule has 42 valence electrons. The molecule has 0 fully saturated rings. The zero-order chi connectivity index (χ0) is 5.70. The van der Waals surface area contributed by atoms with Crippen LogP contribution in [0.1, 0.15) is 26.7 Å². The Labute approximate surface area is 51.0 Å². The first kappa shape index (κ1) is 7.09. The Morgan fingerprint density at radius 3 is 2.29 bits per heavy atom. The molecule has 0 aliphatic heterocycles. The van der Waals surface area contributed by atoms with E-state index in [0.29, 0.717) is 0 Å². The van der Waals surface area contributed by atoms with Crippen molar-refractivity contribution in [2.75, 3.05) is 0 Å². The lowest BCUT2D eigenvalue weighted by atomic mass is 10.3. The van der Waals surface area contributed by atoms with E-state index in [1.807, 2.05) is 0 Å². The normalized spacial score (nSPS) is 12.1. The van der Waals surface area contributed by atoms with Gasteiger partial charge in [0.15, 0.2) is 0 Å². The van der Waals surface area contributed by atoms with Crippen LogP contribution in [0.5, 0.6) is 0 Å². The van der Waals surface area contributed by atoms with Crippen molar-refractivity contribution in [1.29, 1.82) is 0 Å². The first-order valence-corrected chi connectivity index (χ1v) is 3.14. The topological polar surface area (TPSA) is 0 Å². The van der Waals surface area contributed by atoms with E-state index >= 15 is 0 Å². The predicted octanol–water partition coefficient (Wildman–Crippen LogP) is 2.62. The van der Waals surface area contributed by atoms with Crippen LogP contribution in [0.25, 0.3) is 0 Å². The van der Waals surface area contributed by atoms with Gasteiger partial charge in [0.2, 0.25) is 0 Å². The zero-order valence-corrected chi connectivity index (χ0v) is 5.83. The summed E-state index contributed by atoms with van der Waals surface area (Å²) in [7, 11) is 0. The fourth-order valence-electron chi connectivity index (χ4n) is 0.380. The Balaban J connectivity index is 3.29. The van der Waals surface area contributed by atoms with Gasteiger partial charge in [-0.25, -0.2) is 0 Å². The number of allylic oxidation sites excluding steroid dienone is 2. The van der Waals surface area contributed by atoms with E-state index < -0.39 is 0 Å². The van der Waals surface area contributed by atoms with Gasteiger partial charge in [0.1, 0.15) is 0 Å². The average molecular weight is 116 g/mol. The minimum Gasteiger partial charge on any atom is -0.148 e. The lowest BCUT2D eigenvalue weighted by Crippen LogP contribution is -1.63. The van der Waals surface area contributed by atoms with E-state index in [0.717, 1.165) is 12.8 Å². The third-order valence-corrected chi connectivity index (χ3v) is 1.30. The highest BCUT2D eigenvalue weighted by Crippen LogP contribution is 2.04. The molecule has 0 spiro atoms. The fourth-order valence-corrected chi connectivity index (χ4v) is 0.563. The van der Waals surface area contributed by atoms with Crippen molar-refractivity contribution in [2.45, 2.75) is 26.7 Å². The standard InChI is InChI=1S/C6H12S/c1-3-5-6(7)4-2/h5,7H,3-4H2,1-2H3/b6-5-. The van der Waals surface area contributed by atoms with Gasteiger partial charge in [0, 0.05) is 0 Å². The molecule has 0 aromatic heterocycles. The summed E-state index contributed by atoms with van der Waals surface area (Å²) in [4.78, 5) is 1.20. The lowest BCUT2D eigenvalue weighted by Gasteiger charge is -1.87. The minimum atomic E-state index is 1.07. The summed E-state index contributed by atoms with van der Waals surface area (Å²) in [6, 6.07) is 0. The Kier molecular flexibility index (Phi) is 4.31. The average Bonchev–Trinajstić information content (AvgIpc) is 1.68. The molecule has 1 heteroatoms. The van der Waals surface area contributed by atoms with Crippen LogP contribution < -0.4 is 0 Å². The largest absolute Gasteiger partial charge is 0.148 e. The van der Waals surface area contributed by atoms with Gasteiger partial charge >= 0.3 is 0 Å². The van der Waals surface area contributed by atoms with Crippen molar-refractivity contribution in [1.82, 2.24) is 0 Å². The van der Waals surface area contributed by atoms with Crippen molar-refractivity contribution in [3.05, 3.63) is 11.0 Å². The first-order valence-electron chi connectivity index (χ1n) is 2.69. The highest BCUT2D eigenvalue weighted by Gasteiger charge is 1.77. The summed E-state index contributed by atoms with van der Waals surface area (Å²) in [5, 5.41) is 0. The smallest absolute Gasteiger partial charge is 0.0227 e. The van der Waals surface area contributed by atoms with E-state index in [-0.39, 0.29) is 0 Å². The van der Waals surface area contributed by atoms with Crippen molar-refractivity contribution >= 4 is 12.6 Å². The zero-order valence-electron chi connectivity index (χ0n) is 4.94. The van der Waals surface area contributed by atoms with Gasteiger partial charge in [0.05, 0.1) is 0 Å². The minimum absolute atomic E-state index is 1.07. The SMILES string of the molecule is CC/C=C(\S)CC. The third kappa shape index (κ3) is 3.93. The molecule has 0 rings (SSSR count). The lowest BCUT2D eigenvalue weighted by molar-refractivity contribution is 1.14. The van der Waals surface area contributed by atoms with Gasteiger partial charge in [-0.05, 0) is 17.7 Å². The van der Waals surface area contributed by atoms with Crippen molar-refractivity contribution in [3.8, 4) is 0 Å². The Morgan fingerprint density at radius 1 is 1.57 bits per heavy atom. The van der Waals surface area contributed by atoms with E-state index in [4.69, 9.17) is 0 Å². The predicted molar refractivity (Wildman–Crippen MR) is 37.7 cm³/mol. The Bertz CT molecular complexity index is 64.6. The summed E-state index contributed by atoms with van der Waals surface area (Å²) in [5.74, 6) is 0. The second-order valence-corrected chi connectivity index (χ2v) is 2.03. The summed E-state index contributed by atoms with van der Waals surface area (Å²) < 4.78 is 0. The monoisotopic (exact) mass is 116 g/mol. The molecule has 0 radical (unpaired) electrons. The van der Waals surface area contributed by atoms with Crippen LogP contribution in [-0.2, 0) is 0 Å². The molecule has 0 aliphatic carbocycles. The molecule has 0 N–H and O–H groups in total. The molecule has 0 amide bonds. The van der Waals surface area contributed by atoms with Crippen LogP contribution in [0, 0.1) is 0 Å². The molecule has 0 bridgehead atoms. The number of hydrogen-bond donors (Lipinski definition) is 1. The molecule has 0 saturated carbocycles. The van der Waals surface area contributed by atoms with Crippen molar-refractivity contribution in [2.24, 2.45) is 0 Å². The number of hydrogen-bond acceptors (Lipinski definition) is 1. The Morgan fingerprint density at radius 2 is 2.14 bits per heavy atom. The van der Waals surface area contributed by atoms with Gasteiger partial charge in [-0.2, -0.15) is 0 Å². The van der Waals surface area contributed by atoms with Crippen molar-refractivity contribution < 1.29 is 0 Å². The molecule has 0 aliphatic rings. The first-order chi connectivity index (χ1) is 3.31. The maximum absolute atomic E-state index is 4.17. The number of rotatable bonds is 2.